The van der Waals surface area contributed by atoms with E-state index in [1.807, 2.05) is 0 Å². The van der Waals surface area contributed by atoms with E-state index in [2.05, 4.69) is 5.32 Å². The van der Waals surface area contributed by atoms with Crippen molar-refractivity contribution in [2.24, 2.45) is 0 Å². The van der Waals surface area contributed by atoms with Gasteiger partial charge in [-0.25, -0.2) is 0 Å². The van der Waals surface area contributed by atoms with Crippen LogP contribution in [-0.4, -0.2) is 30.9 Å². The summed E-state index contributed by atoms with van der Waals surface area (Å²) in [4.78, 5) is 0. The number of alkyl halides is 3. The van der Waals surface area contributed by atoms with Crippen LogP contribution in [0.3, 0.4) is 0 Å². The maximum Gasteiger partial charge on any atom is 0.416 e. The highest BCUT2D eigenvalue weighted by molar-refractivity contribution is 5.39. The van der Waals surface area contributed by atoms with Crippen molar-refractivity contribution in [1.29, 1.82) is 0 Å². The Balaban J connectivity index is 2.28. The van der Waals surface area contributed by atoms with E-state index < -0.39 is 17.3 Å². The van der Waals surface area contributed by atoms with E-state index in [4.69, 9.17) is 4.74 Å². The highest BCUT2D eigenvalue weighted by atomic mass is 19.4. The van der Waals surface area contributed by atoms with Gasteiger partial charge >= 0.3 is 6.18 Å². The Bertz CT molecular complexity index is 468. The van der Waals surface area contributed by atoms with Gasteiger partial charge in [0, 0.05) is 6.42 Å². The number of ether oxygens (including phenoxy) is 1. The lowest BCUT2D eigenvalue weighted by Gasteiger charge is -2.33. The fraction of sp³-hybridized carbons (Fsp3) is 0.571. The van der Waals surface area contributed by atoms with E-state index >= 15 is 0 Å². The molecule has 1 aromatic carbocycles. The molecule has 0 spiro atoms. The van der Waals surface area contributed by atoms with Gasteiger partial charge in [-0.05, 0) is 49.7 Å². The molecule has 112 valence electrons. The number of nitrogens with one attached hydrogen (secondary N) is 1. The Morgan fingerprint density at radius 2 is 1.95 bits per heavy atom. The third-order valence-electron chi connectivity index (χ3n) is 3.66. The molecule has 0 radical (unpaired) electrons. The lowest BCUT2D eigenvalue weighted by molar-refractivity contribution is -0.137. The Morgan fingerprint density at radius 3 is 2.50 bits per heavy atom. The highest BCUT2D eigenvalue weighted by Crippen LogP contribution is 2.35. The first-order valence-corrected chi connectivity index (χ1v) is 6.51. The van der Waals surface area contributed by atoms with Gasteiger partial charge in [-0.1, -0.05) is 0 Å². The minimum Gasteiger partial charge on any atom is -0.496 e. The molecule has 0 amide bonds. The monoisotopic (exact) mass is 289 g/mol. The third kappa shape index (κ3) is 3.43. The lowest BCUT2D eigenvalue weighted by Crippen LogP contribution is -2.43. The maximum absolute atomic E-state index is 12.8. The fourth-order valence-corrected chi connectivity index (χ4v) is 2.52. The molecular formula is C14H18F3NO2. The standard InChI is InChI=1S/C14H18F3NO2/c1-20-12-3-2-11(14(15,16)17)8-10(12)9-13(19)4-6-18-7-5-13/h2-3,8,18-19H,4-7,9H2,1H3. The zero-order chi connectivity index (χ0) is 14.8. The topological polar surface area (TPSA) is 41.5 Å². The van der Waals surface area contributed by atoms with Gasteiger partial charge in [-0.2, -0.15) is 13.2 Å². The number of rotatable bonds is 3. The van der Waals surface area contributed by atoms with Gasteiger partial charge in [0.15, 0.2) is 0 Å². The quantitative estimate of drug-likeness (QED) is 0.897. The van der Waals surface area contributed by atoms with Crippen LogP contribution in [0.25, 0.3) is 0 Å². The van der Waals surface area contributed by atoms with Crippen LogP contribution in [-0.2, 0) is 12.6 Å². The Labute approximate surface area is 115 Å². The normalized spacial score (nSPS) is 18.9. The second-order valence-corrected chi connectivity index (χ2v) is 5.18. The summed E-state index contributed by atoms with van der Waals surface area (Å²) in [5.74, 6) is 0.380. The molecule has 6 heteroatoms. The van der Waals surface area contributed by atoms with Crippen LogP contribution in [0.4, 0.5) is 13.2 Å². The van der Waals surface area contributed by atoms with Crippen molar-refractivity contribution in [2.45, 2.75) is 31.0 Å². The summed E-state index contributed by atoms with van der Waals surface area (Å²) in [6.45, 7) is 1.33. The molecule has 3 nitrogen and oxygen atoms in total. The first kappa shape index (κ1) is 15.1. The van der Waals surface area contributed by atoms with Gasteiger partial charge in [-0.3, -0.25) is 0 Å². The summed E-state index contributed by atoms with van der Waals surface area (Å²) in [6.07, 6.45) is -3.18. The molecule has 0 bridgehead atoms. The van der Waals surface area contributed by atoms with Gasteiger partial charge in [0.2, 0.25) is 0 Å². The molecule has 0 saturated carbocycles. The number of hydrogen-bond acceptors (Lipinski definition) is 3. The molecular weight excluding hydrogens is 271 g/mol. The Morgan fingerprint density at radius 1 is 1.30 bits per heavy atom. The Kier molecular flexibility index (Phi) is 4.25. The Hall–Kier alpha value is -1.27. The third-order valence-corrected chi connectivity index (χ3v) is 3.66. The summed E-state index contributed by atoms with van der Waals surface area (Å²) in [5.41, 5.74) is -1.29. The molecule has 0 aromatic heterocycles. The predicted molar refractivity (Wildman–Crippen MR) is 68.8 cm³/mol. The summed E-state index contributed by atoms with van der Waals surface area (Å²) in [6, 6.07) is 3.37. The van der Waals surface area contributed by atoms with E-state index in [-0.39, 0.29) is 6.42 Å². The van der Waals surface area contributed by atoms with E-state index in [9.17, 15) is 18.3 Å². The second-order valence-electron chi connectivity index (χ2n) is 5.18. The maximum atomic E-state index is 12.8. The molecule has 0 atom stereocenters. The molecule has 0 unspecified atom stereocenters. The van der Waals surface area contributed by atoms with Gasteiger partial charge in [0.25, 0.3) is 0 Å². The zero-order valence-electron chi connectivity index (χ0n) is 11.3. The lowest BCUT2D eigenvalue weighted by atomic mass is 9.85. The molecule has 1 aliphatic rings. The molecule has 1 heterocycles. The van der Waals surface area contributed by atoms with Crippen molar-refractivity contribution >= 4 is 0 Å². The number of benzene rings is 1. The highest BCUT2D eigenvalue weighted by Gasteiger charge is 2.34. The fourth-order valence-electron chi connectivity index (χ4n) is 2.52. The van der Waals surface area contributed by atoms with Crippen molar-refractivity contribution in [2.75, 3.05) is 20.2 Å². The van der Waals surface area contributed by atoms with Gasteiger partial charge in [0.1, 0.15) is 5.75 Å². The van der Waals surface area contributed by atoms with Gasteiger partial charge in [-0.15, -0.1) is 0 Å². The van der Waals surface area contributed by atoms with Gasteiger partial charge in [0.05, 0.1) is 18.3 Å². The van der Waals surface area contributed by atoms with Crippen molar-refractivity contribution in [1.82, 2.24) is 5.32 Å². The average Bonchev–Trinajstić information content (AvgIpc) is 2.38. The van der Waals surface area contributed by atoms with Crippen molar-refractivity contribution in [3.63, 3.8) is 0 Å². The number of methoxy groups -OCH3 is 1. The van der Waals surface area contributed by atoms with Crippen LogP contribution < -0.4 is 10.1 Å². The molecule has 1 aromatic rings. The number of piperidine rings is 1. The molecule has 2 N–H and O–H groups in total. The van der Waals surface area contributed by atoms with Crippen molar-refractivity contribution in [3.8, 4) is 5.75 Å². The van der Waals surface area contributed by atoms with Gasteiger partial charge < -0.3 is 15.2 Å². The number of aliphatic hydroxyl groups is 1. The van der Waals surface area contributed by atoms with E-state index in [0.717, 1.165) is 12.1 Å². The molecule has 1 aliphatic heterocycles. The minimum absolute atomic E-state index is 0.168. The smallest absolute Gasteiger partial charge is 0.416 e. The largest absolute Gasteiger partial charge is 0.496 e. The van der Waals surface area contributed by atoms with Crippen LogP contribution in [0.15, 0.2) is 18.2 Å². The summed E-state index contributed by atoms with van der Waals surface area (Å²) in [7, 11) is 1.42. The zero-order valence-corrected chi connectivity index (χ0v) is 11.3. The van der Waals surface area contributed by atoms with Crippen molar-refractivity contribution in [3.05, 3.63) is 29.3 Å². The van der Waals surface area contributed by atoms with Crippen LogP contribution >= 0.6 is 0 Å². The van der Waals surface area contributed by atoms with Crippen LogP contribution in [0, 0.1) is 0 Å². The van der Waals surface area contributed by atoms with E-state index in [1.165, 1.54) is 13.2 Å². The second kappa shape index (κ2) is 5.61. The first-order valence-electron chi connectivity index (χ1n) is 6.51. The summed E-state index contributed by atoms with van der Waals surface area (Å²) in [5, 5.41) is 13.6. The van der Waals surface area contributed by atoms with Crippen LogP contribution in [0.1, 0.15) is 24.0 Å². The van der Waals surface area contributed by atoms with Crippen molar-refractivity contribution < 1.29 is 23.0 Å². The first-order chi connectivity index (χ1) is 9.34. The minimum atomic E-state index is -4.39. The molecule has 0 aliphatic carbocycles. The molecule has 1 saturated heterocycles. The molecule has 1 fully saturated rings. The molecule has 20 heavy (non-hydrogen) atoms. The SMILES string of the molecule is COc1ccc(C(F)(F)F)cc1CC1(O)CCNCC1. The summed E-state index contributed by atoms with van der Waals surface area (Å²) < 4.78 is 43.4. The van der Waals surface area contributed by atoms with E-state index in [0.29, 0.717) is 37.2 Å². The van der Waals surface area contributed by atoms with Crippen LogP contribution in [0.5, 0.6) is 5.75 Å². The van der Waals surface area contributed by atoms with E-state index in [1.54, 1.807) is 0 Å². The average molecular weight is 289 g/mol. The molecule has 2 rings (SSSR count). The predicted octanol–water partition coefficient (Wildman–Crippen LogP) is 2.37. The summed E-state index contributed by atoms with van der Waals surface area (Å²) >= 11 is 0. The number of hydrogen-bond donors (Lipinski definition) is 2. The van der Waals surface area contributed by atoms with Crippen LogP contribution in [0.2, 0.25) is 0 Å². The number of halogens is 3.